The number of rotatable bonds is 1. The first kappa shape index (κ1) is 9.46. The highest BCUT2D eigenvalue weighted by molar-refractivity contribution is 9.10. The average Bonchev–Trinajstić information content (AvgIpc) is 2.47. The van der Waals surface area contributed by atoms with Gasteiger partial charge in [-0.05, 0) is 19.1 Å². The van der Waals surface area contributed by atoms with Crippen molar-refractivity contribution in [2.75, 3.05) is 0 Å². The molecule has 0 unspecified atom stereocenters. The molecule has 1 aromatic heterocycles. The predicted molar refractivity (Wildman–Crippen MR) is 59.1 cm³/mol. The molecule has 2 rings (SSSR count). The molecule has 2 nitrogen and oxygen atoms in total. The summed E-state index contributed by atoms with van der Waals surface area (Å²) < 4.78 is 6.44. The van der Waals surface area contributed by atoms with Crippen LogP contribution >= 0.6 is 15.9 Å². The molecule has 3 heteroatoms. The minimum Gasteiger partial charge on any atom is -0.446 e. The van der Waals surface area contributed by atoms with E-state index in [0.717, 1.165) is 21.5 Å². The summed E-state index contributed by atoms with van der Waals surface area (Å²) in [5.41, 5.74) is 2.01. The van der Waals surface area contributed by atoms with Gasteiger partial charge in [-0.15, -0.1) is 0 Å². The Labute approximate surface area is 91.1 Å². The van der Waals surface area contributed by atoms with Gasteiger partial charge in [0, 0.05) is 17.0 Å². The van der Waals surface area contributed by atoms with Crippen molar-refractivity contribution in [2.45, 2.75) is 13.8 Å². The van der Waals surface area contributed by atoms with Crippen LogP contribution < -0.4 is 0 Å². The molecule has 0 aliphatic rings. The fraction of sp³-hybridized carbons (Fsp3) is 0.182. The van der Waals surface area contributed by atoms with Crippen molar-refractivity contribution in [1.29, 1.82) is 0 Å². The molecule has 2 aromatic rings. The molecule has 72 valence electrons. The monoisotopic (exact) mass is 251 g/mol. The summed E-state index contributed by atoms with van der Waals surface area (Å²) in [6.45, 7) is 3.78. The SMILES string of the molecule is Cc1nc(-c2ccc(Br)cc2)c(C)o1. The highest BCUT2D eigenvalue weighted by Gasteiger charge is 2.08. The van der Waals surface area contributed by atoms with Crippen LogP contribution in [0.3, 0.4) is 0 Å². The quantitative estimate of drug-likeness (QED) is 0.773. The summed E-state index contributed by atoms with van der Waals surface area (Å²) in [6.07, 6.45) is 0. The molecule has 0 N–H and O–H groups in total. The van der Waals surface area contributed by atoms with E-state index in [9.17, 15) is 0 Å². The van der Waals surface area contributed by atoms with Gasteiger partial charge in [-0.25, -0.2) is 4.98 Å². The second-order valence-electron chi connectivity index (χ2n) is 3.14. The molecular weight excluding hydrogens is 242 g/mol. The molecule has 0 amide bonds. The highest BCUT2D eigenvalue weighted by Crippen LogP contribution is 2.24. The zero-order valence-corrected chi connectivity index (χ0v) is 9.63. The summed E-state index contributed by atoms with van der Waals surface area (Å²) in [4.78, 5) is 4.33. The summed E-state index contributed by atoms with van der Waals surface area (Å²) >= 11 is 3.40. The Balaban J connectivity index is 2.49. The number of aryl methyl sites for hydroxylation is 2. The Hall–Kier alpha value is -1.09. The maximum atomic E-state index is 5.38. The maximum Gasteiger partial charge on any atom is 0.191 e. The van der Waals surface area contributed by atoms with E-state index in [4.69, 9.17) is 4.42 Å². The van der Waals surface area contributed by atoms with Gasteiger partial charge < -0.3 is 4.42 Å². The van der Waals surface area contributed by atoms with Crippen LogP contribution in [0.4, 0.5) is 0 Å². The standard InChI is InChI=1S/C11H10BrNO/c1-7-11(13-8(2)14-7)9-3-5-10(12)6-4-9/h3-6H,1-2H3. The van der Waals surface area contributed by atoms with E-state index in [1.807, 2.05) is 38.1 Å². The first-order chi connectivity index (χ1) is 6.66. The zero-order valence-electron chi connectivity index (χ0n) is 8.04. The van der Waals surface area contributed by atoms with E-state index in [0.29, 0.717) is 5.89 Å². The van der Waals surface area contributed by atoms with E-state index in [1.165, 1.54) is 0 Å². The Morgan fingerprint density at radius 1 is 1.14 bits per heavy atom. The average molecular weight is 252 g/mol. The number of hydrogen-bond donors (Lipinski definition) is 0. The van der Waals surface area contributed by atoms with Gasteiger partial charge in [0.25, 0.3) is 0 Å². The predicted octanol–water partition coefficient (Wildman–Crippen LogP) is 3.72. The van der Waals surface area contributed by atoms with Crippen LogP contribution in [0.5, 0.6) is 0 Å². The third kappa shape index (κ3) is 1.73. The number of benzene rings is 1. The zero-order chi connectivity index (χ0) is 10.1. The second kappa shape index (κ2) is 3.58. The van der Waals surface area contributed by atoms with Gasteiger partial charge in [0.05, 0.1) is 0 Å². The van der Waals surface area contributed by atoms with Gasteiger partial charge in [-0.2, -0.15) is 0 Å². The van der Waals surface area contributed by atoms with Crippen molar-refractivity contribution < 1.29 is 4.42 Å². The van der Waals surface area contributed by atoms with Crippen LogP contribution in [0.1, 0.15) is 11.7 Å². The maximum absolute atomic E-state index is 5.38. The van der Waals surface area contributed by atoms with Crippen LogP contribution in [0.15, 0.2) is 33.2 Å². The minimum absolute atomic E-state index is 0.709. The second-order valence-corrected chi connectivity index (χ2v) is 4.06. The molecule has 0 spiro atoms. The molecule has 0 aliphatic carbocycles. The Bertz CT molecular complexity index is 445. The molecule has 0 atom stereocenters. The van der Waals surface area contributed by atoms with Crippen molar-refractivity contribution in [3.05, 3.63) is 40.4 Å². The lowest BCUT2D eigenvalue weighted by molar-refractivity contribution is 0.495. The third-order valence-electron chi connectivity index (χ3n) is 2.02. The van der Waals surface area contributed by atoms with Gasteiger partial charge in [0.1, 0.15) is 11.5 Å². The molecule has 1 aromatic carbocycles. The molecule has 14 heavy (non-hydrogen) atoms. The lowest BCUT2D eigenvalue weighted by Crippen LogP contribution is -1.80. The van der Waals surface area contributed by atoms with Crippen molar-refractivity contribution in [3.63, 3.8) is 0 Å². The molecule has 0 radical (unpaired) electrons. The molecule has 1 heterocycles. The van der Waals surface area contributed by atoms with Gasteiger partial charge in [0.2, 0.25) is 0 Å². The van der Waals surface area contributed by atoms with Gasteiger partial charge >= 0.3 is 0 Å². The van der Waals surface area contributed by atoms with Crippen LogP contribution in [-0.4, -0.2) is 4.98 Å². The van der Waals surface area contributed by atoms with Crippen molar-refractivity contribution >= 4 is 15.9 Å². The van der Waals surface area contributed by atoms with E-state index >= 15 is 0 Å². The van der Waals surface area contributed by atoms with Crippen LogP contribution in [0, 0.1) is 13.8 Å². The largest absolute Gasteiger partial charge is 0.446 e. The van der Waals surface area contributed by atoms with Crippen LogP contribution in [-0.2, 0) is 0 Å². The van der Waals surface area contributed by atoms with Gasteiger partial charge in [-0.3, -0.25) is 0 Å². The van der Waals surface area contributed by atoms with E-state index < -0.39 is 0 Å². The summed E-state index contributed by atoms with van der Waals surface area (Å²) in [7, 11) is 0. The lowest BCUT2D eigenvalue weighted by Gasteiger charge is -1.96. The van der Waals surface area contributed by atoms with Crippen molar-refractivity contribution in [1.82, 2.24) is 4.98 Å². The number of oxazole rings is 1. The number of halogens is 1. The summed E-state index contributed by atoms with van der Waals surface area (Å²) in [5, 5.41) is 0. The van der Waals surface area contributed by atoms with Crippen molar-refractivity contribution in [3.8, 4) is 11.3 Å². The highest BCUT2D eigenvalue weighted by atomic mass is 79.9. The van der Waals surface area contributed by atoms with Gasteiger partial charge in [0.15, 0.2) is 5.89 Å². The van der Waals surface area contributed by atoms with E-state index in [2.05, 4.69) is 20.9 Å². The minimum atomic E-state index is 0.709. The molecular formula is C11H10BrNO. The van der Waals surface area contributed by atoms with Crippen LogP contribution in [0.2, 0.25) is 0 Å². The lowest BCUT2D eigenvalue weighted by atomic mass is 10.1. The fourth-order valence-corrected chi connectivity index (χ4v) is 1.67. The molecule has 0 saturated heterocycles. The summed E-state index contributed by atoms with van der Waals surface area (Å²) in [6, 6.07) is 8.04. The van der Waals surface area contributed by atoms with Crippen molar-refractivity contribution in [2.24, 2.45) is 0 Å². The first-order valence-electron chi connectivity index (χ1n) is 4.37. The molecule has 0 bridgehead atoms. The Morgan fingerprint density at radius 3 is 2.29 bits per heavy atom. The number of hydrogen-bond acceptors (Lipinski definition) is 2. The topological polar surface area (TPSA) is 26.0 Å². The Kier molecular flexibility index (Phi) is 2.42. The third-order valence-corrected chi connectivity index (χ3v) is 2.55. The normalized spacial score (nSPS) is 10.5. The molecule has 0 saturated carbocycles. The first-order valence-corrected chi connectivity index (χ1v) is 5.16. The van der Waals surface area contributed by atoms with Gasteiger partial charge in [-0.1, -0.05) is 28.1 Å². The number of aromatic nitrogens is 1. The van der Waals surface area contributed by atoms with E-state index in [1.54, 1.807) is 0 Å². The Morgan fingerprint density at radius 2 is 1.79 bits per heavy atom. The fourth-order valence-electron chi connectivity index (χ4n) is 1.40. The van der Waals surface area contributed by atoms with Crippen LogP contribution in [0.25, 0.3) is 11.3 Å². The molecule has 0 aliphatic heterocycles. The number of nitrogens with zero attached hydrogens (tertiary/aromatic N) is 1. The smallest absolute Gasteiger partial charge is 0.191 e. The summed E-state index contributed by atoms with van der Waals surface area (Å²) in [5.74, 6) is 1.57. The molecule has 0 fully saturated rings. The van der Waals surface area contributed by atoms with E-state index in [-0.39, 0.29) is 0 Å².